The van der Waals surface area contributed by atoms with E-state index >= 15 is 0 Å². The normalized spacial score (nSPS) is 10.7. The number of aryl methyl sites for hydroxylation is 1. The van der Waals surface area contributed by atoms with Crippen LogP contribution in [0.25, 0.3) is 28.1 Å². The molecule has 2 aromatic heterocycles. The molecular weight excluding hydrogens is 510 g/mol. The number of anilines is 1. The fourth-order valence-electron chi connectivity index (χ4n) is 4.33. The molecule has 40 heavy (non-hydrogen) atoms. The molecular formula is C31H27N3O6. The van der Waals surface area contributed by atoms with Crippen molar-refractivity contribution in [2.24, 2.45) is 0 Å². The molecule has 0 radical (unpaired) electrons. The van der Waals surface area contributed by atoms with Crippen LogP contribution in [-0.2, 0) is 4.79 Å². The van der Waals surface area contributed by atoms with Gasteiger partial charge in [-0.2, -0.15) is 9.78 Å². The van der Waals surface area contributed by atoms with Gasteiger partial charge in [0.2, 0.25) is 5.88 Å². The summed E-state index contributed by atoms with van der Waals surface area (Å²) >= 11 is 0. The predicted octanol–water partition coefficient (Wildman–Crippen LogP) is 6.30. The SMILES string of the molecule is COc1ccc(-c2nn(-c3cccc(C)c3)c(OC(C)=O)c2-c2ccc(NC(=O)c3ccco3)cc2)cc1OC. The summed E-state index contributed by atoms with van der Waals surface area (Å²) in [6, 6.07) is 23.6. The Labute approximate surface area is 230 Å². The molecule has 0 aliphatic carbocycles. The number of benzene rings is 3. The summed E-state index contributed by atoms with van der Waals surface area (Å²) in [5.41, 5.74) is 4.91. The molecule has 2 heterocycles. The van der Waals surface area contributed by atoms with Crippen molar-refractivity contribution in [2.75, 3.05) is 19.5 Å². The lowest BCUT2D eigenvalue weighted by atomic mass is 10.0. The summed E-state index contributed by atoms with van der Waals surface area (Å²) in [7, 11) is 3.13. The van der Waals surface area contributed by atoms with Crippen LogP contribution in [0, 0.1) is 6.92 Å². The van der Waals surface area contributed by atoms with Gasteiger partial charge in [0.15, 0.2) is 17.3 Å². The van der Waals surface area contributed by atoms with Crippen molar-refractivity contribution >= 4 is 17.6 Å². The lowest BCUT2D eigenvalue weighted by molar-refractivity contribution is -0.132. The number of hydrogen-bond donors (Lipinski definition) is 1. The second-order valence-electron chi connectivity index (χ2n) is 8.95. The highest BCUT2D eigenvalue weighted by molar-refractivity contribution is 6.02. The van der Waals surface area contributed by atoms with Crippen LogP contribution in [0.5, 0.6) is 17.4 Å². The van der Waals surface area contributed by atoms with Crippen LogP contribution in [0.4, 0.5) is 5.69 Å². The highest BCUT2D eigenvalue weighted by atomic mass is 16.5. The van der Waals surface area contributed by atoms with Crippen LogP contribution in [0.1, 0.15) is 23.0 Å². The Balaban J connectivity index is 1.67. The second-order valence-corrected chi connectivity index (χ2v) is 8.95. The van der Waals surface area contributed by atoms with E-state index in [0.29, 0.717) is 28.4 Å². The fraction of sp³-hybridized carbons (Fsp3) is 0.129. The fourth-order valence-corrected chi connectivity index (χ4v) is 4.33. The van der Waals surface area contributed by atoms with Gasteiger partial charge in [-0.3, -0.25) is 9.59 Å². The predicted molar refractivity (Wildman–Crippen MR) is 150 cm³/mol. The van der Waals surface area contributed by atoms with E-state index in [1.807, 2.05) is 55.5 Å². The zero-order valence-corrected chi connectivity index (χ0v) is 22.4. The van der Waals surface area contributed by atoms with E-state index in [1.54, 1.807) is 49.2 Å². The molecule has 3 aromatic carbocycles. The van der Waals surface area contributed by atoms with Crippen LogP contribution in [0.2, 0.25) is 0 Å². The average Bonchev–Trinajstić information content (AvgIpc) is 3.62. The molecule has 0 saturated heterocycles. The number of carbonyl (C=O) groups is 2. The minimum Gasteiger partial charge on any atom is -0.493 e. The van der Waals surface area contributed by atoms with Gasteiger partial charge in [0.25, 0.3) is 5.91 Å². The number of nitrogens with zero attached hydrogens (tertiary/aromatic N) is 2. The number of furan rings is 1. The van der Waals surface area contributed by atoms with Crippen molar-refractivity contribution in [3.63, 3.8) is 0 Å². The van der Waals surface area contributed by atoms with Crippen molar-refractivity contribution in [3.8, 4) is 45.5 Å². The number of hydrogen-bond acceptors (Lipinski definition) is 7. The number of aromatic nitrogens is 2. The Hall–Kier alpha value is -5.31. The molecule has 0 aliphatic rings. The number of ether oxygens (including phenoxy) is 3. The molecule has 202 valence electrons. The van der Waals surface area contributed by atoms with Crippen molar-refractivity contribution in [3.05, 3.63) is 96.4 Å². The Morgan fingerprint density at radius 2 is 1.62 bits per heavy atom. The topological polar surface area (TPSA) is 105 Å². The Morgan fingerprint density at radius 1 is 0.875 bits per heavy atom. The smallest absolute Gasteiger partial charge is 0.309 e. The largest absolute Gasteiger partial charge is 0.493 e. The maximum atomic E-state index is 12.4. The Bertz CT molecular complexity index is 1670. The van der Waals surface area contributed by atoms with Crippen LogP contribution in [0.3, 0.4) is 0 Å². The molecule has 9 nitrogen and oxygen atoms in total. The molecule has 9 heteroatoms. The lowest BCUT2D eigenvalue weighted by Crippen LogP contribution is -2.10. The van der Waals surface area contributed by atoms with E-state index in [4.69, 9.17) is 23.7 Å². The van der Waals surface area contributed by atoms with Crippen molar-refractivity contribution in [1.82, 2.24) is 9.78 Å². The van der Waals surface area contributed by atoms with Gasteiger partial charge in [-0.05, 0) is 72.6 Å². The number of carbonyl (C=O) groups excluding carboxylic acids is 2. The van der Waals surface area contributed by atoms with E-state index in [1.165, 1.54) is 13.2 Å². The maximum absolute atomic E-state index is 12.4. The third kappa shape index (κ3) is 5.30. The minimum absolute atomic E-state index is 0.205. The molecule has 0 spiro atoms. The van der Waals surface area contributed by atoms with Gasteiger partial charge in [-0.1, -0.05) is 24.3 Å². The van der Waals surface area contributed by atoms with Gasteiger partial charge >= 0.3 is 5.97 Å². The molecule has 5 rings (SSSR count). The Kier molecular flexibility index (Phi) is 7.37. The maximum Gasteiger partial charge on any atom is 0.309 e. The van der Waals surface area contributed by atoms with Crippen LogP contribution in [-0.4, -0.2) is 35.9 Å². The monoisotopic (exact) mass is 537 g/mol. The van der Waals surface area contributed by atoms with E-state index in [-0.39, 0.29) is 17.5 Å². The molecule has 0 saturated carbocycles. The van der Waals surface area contributed by atoms with Gasteiger partial charge in [-0.25, -0.2) is 0 Å². The summed E-state index contributed by atoms with van der Waals surface area (Å²) in [5, 5.41) is 7.73. The quantitative estimate of drug-likeness (QED) is 0.232. The van der Waals surface area contributed by atoms with E-state index in [9.17, 15) is 9.59 Å². The third-order valence-corrected chi connectivity index (χ3v) is 6.16. The first-order valence-electron chi connectivity index (χ1n) is 12.4. The highest BCUT2D eigenvalue weighted by Crippen LogP contribution is 2.43. The molecule has 0 atom stereocenters. The number of esters is 1. The summed E-state index contributed by atoms with van der Waals surface area (Å²) in [4.78, 5) is 24.8. The zero-order valence-electron chi connectivity index (χ0n) is 22.4. The first-order chi connectivity index (χ1) is 19.4. The van der Waals surface area contributed by atoms with Crippen LogP contribution in [0.15, 0.2) is 89.5 Å². The molecule has 1 N–H and O–H groups in total. The molecule has 0 fully saturated rings. The van der Waals surface area contributed by atoms with E-state index in [0.717, 1.165) is 22.4 Å². The van der Waals surface area contributed by atoms with Crippen LogP contribution >= 0.6 is 0 Å². The first-order valence-corrected chi connectivity index (χ1v) is 12.4. The van der Waals surface area contributed by atoms with E-state index in [2.05, 4.69) is 5.32 Å². The number of amides is 1. The van der Waals surface area contributed by atoms with Crippen molar-refractivity contribution in [2.45, 2.75) is 13.8 Å². The van der Waals surface area contributed by atoms with Crippen molar-refractivity contribution in [1.29, 1.82) is 0 Å². The van der Waals surface area contributed by atoms with Gasteiger partial charge in [0, 0.05) is 18.2 Å². The highest BCUT2D eigenvalue weighted by Gasteiger charge is 2.25. The van der Waals surface area contributed by atoms with Gasteiger partial charge in [-0.15, -0.1) is 0 Å². The Morgan fingerprint density at radius 3 is 2.27 bits per heavy atom. The lowest BCUT2D eigenvalue weighted by Gasteiger charge is -2.11. The molecule has 0 unspecified atom stereocenters. The average molecular weight is 538 g/mol. The zero-order chi connectivity index (χ0) is 28.2. The summed E-state index contributed by atoms with van der Waals surface area (Å²) < 4.78 is 23.5. The summed E-state index contributed by atoms with van der Waals surface area (Å²) in [5.74, 6) is 0.711. The minimum atomic E-state index is -0.490. The van der Waals surface area contributed by atoms with Crippen molar-refractivity contribution < 1.29 is 28.2 Å². The van der Waals surface area contributed by atoms with Gasteiger partial charge < -0.3 is 23.9 Å². The van der Waals surface area contributed by atoms with Crippen LogP contribution < -0.4 is 19.5 Å². The summed E-state index contributed by atoms with van der Waals surface area (Å²) in [6.45, 7) is 3.32. The standard InChI is InChI=1S/C31H27N3O6/c1-19-7-5-8-24(17-19)34-31(40-20(2)35)28(29(33-34)22-12-15-25(37-3)27(18-22)38-4)21-10-13-23(14-11-21)32-30(36)26-9-6-16-39-26/h5-18H,1-4H3,(H,32,36). The van der Waals surface area contributed by atoms with E-state index < -0.39 is 5.97 Å². The molecule has 1 amide bonds. The molecule has 0 bridgehead atoms. The first kappa shape index (κ1) is 26.3. The molecule has 5 aromatic rings. The number of rotatable bonds is 8. The van der Waals surface area contributed by atoms with Gasteiger partial charge in [0.05, 0.1) is 31.7 Å². The molecule has 0 aliphatic heterocycles. The second kappa shape index (κ2) is 11.2. The number of nitrogens with one attached hydrogen (secondary N) is 1. The third-order valence-electron chi connectivity index (χ3n) is 6.16. The number of methoxy groups -OCH3 is 2. The van der Waals surface area contributed by atoms with Gasteiger partial charge in [0.1, 0.15) is 5.69 Å². The summed E-state index contributed by atoms with van der Waals surface area (Å²) in [6.07, 6.45) is 1.44.